The summed E-state index contributed by atoms with van der Waals surface area (Å²) in [5.41, 5.74) is 1.26. The number of carbonyl (C=O) groups excluding carboxylic acids is 1. The van der Waals surface area contributed by atoms with Gasteiger partial charge in [0.2, 0.25) is 0 Å². The number of ether oxygens (including phenoxy) is 1. The molecule has 1 aliphatic carbocycles. The molecular weight excluding hydrogens is 292 g/mol. The van der Waals surface area contributed by atoms with Crippen molar-refractivity contribution in [3.63, 3.8) is 0 Å². The number of rotatable bonds is 4. The van der Waals surface area contributed by atoms with Gasteiger partial charge >= 0.3 is 0 Å². The Balaban J connectivity index is 1.69. The van der Waals surface area contributed by atoms with Crippen molar-refractivity contribution in [1.82, 2.24) is 20.0 Å². The van der Waals surface area contributed by atoms with Crippen molar-refractivity contribution < 1.29 is 9.53 Å². The van der Waals surface area contributed by atoms with Gasteiger partial charge in [-0.1, -0.05) is 0 Å². The Kier molecular flexibility index (Phi) is 4.92. The summed E-state index contributed by atoms with van der Waals surface area (Å²) in [5.74, 6) is -0.0307. The summed E-state index contributed by atoms with van der Waals surface area (Å²) < 4.78 is 5.48. The van der Waals surface area contributed by atoms with Crippen molar-refractivity contribution in [2.75, 3.05) is 27.2 Å². The highest BCUT2D eigenvalue weighted by atomic mass is 16.5. The molecule has 1 aromatic heterocycles. The second-order valence-electron chi connectivity index (χ2n) is 6.68. The molecule has 1 amide bonds. The number of aryl methyl sites for hydroxylation is 1. The molecule has 2 aliphatic rings. The summed E-state index contributed by atoms with van der Waals surface area (Å²) in [7, 11) is 3.68. The van der Waals surface area contributed by atoms with Crippen molar-refractivity contribution in [2.24, 2.45) is 0 Å². The first-order valence-electron chi connectivity index (χ1n) is 8.44. The molecule has 1 saturated carbocycles. The number of amides is 1. The van der Waals surface area contributed by atoms with Gasteiger partial charge in [-0.25, -0.2) is 0 Å². The highest BCUT2D eigenvalue weighted by Gasteiger charge is 2.39. The van der Waals surface area contributed by atoms with Crippen LogP contribution in [-0.2, 0) is 4.74 Å². The first-order valence-corrected chi connectivity index (χ1v) is 8.44. The van der Waals surface area contributed by atoms with Gasteiger partial charge in [0.1, 0.15) is 0 Å². The van der Waals surface area contributed by atoms with Gasteiger partial charge < -0.3 is 9.64 Å². The fraction of sp³-hybridized carbons (Fsp3) is 0.706. The maximum Gasteiger partial charge on any atom is 0.274 e. The monoisotopic (exact) mass is 318 g/mol. The molecule has 0 aromatic carbocycles. The fourth-order valence-corrected chi connectivity index (χ4v) is 3.89. The second kappa shape index (κ2) is 6.93. The van der Waals surface area contributed by atoms with Gasteiger partial charge in [-0.05, 0) is 44.7 Å². The Bertz CT molecular complexity index is 548. The first kappa shape index (κ1) is 16.3. The van der Waals surface area contributed by atoms with Crippen LogP contribution in [0, 0.1) is 6.92 Å². The number of hydrogen-bond donors (Lipinski definition) is 0. The lowest BCUT2D eigenvalue weighted by Crippen LogP contribution is -2.49. The van der Waals surface area contributed by atoms with E-state index in [9.17, 15) is 4.79 Å². The SMILES string of the molecule is COC1CCN([C@H]2CCC[C@H]2N(C)C(=O)c2ccc(C)nn2)C1. The number of hydrogen-bond acceptors (Lipinski definition) is 5. The predicted molar refractivity (Wildman–Crippen MR) is 87.3 cm³/mol. The second-order valence-corrected chi connectivity index (χ2v) is 6.68. The van der Waals surface area contributed by atoms with E-state index in [-0.39, 0.29) is 11.9 Å². The third kappa shape index (κ3) is 3.38. The number of nitrogens with zero attached hydrogens (tertiary/aromatic N) is 4. The normalized spacial score (nSPS) is 28.2. The number of likely N-dealkylation sites (tertiary alicyclic amines) is 1. The van der Waals surface area contributed by atoms with Crippen LogP contribution in [0.5, 0.6) is 0 Å². The number of likely N-dealkylation sites (N-methyl/N-ethyl adjacent to an activating group) is 1. The standard InChI is InChI=1S/C17H26N4O2/c1-12-7-8-14(19-18-12)17(22)20(2)15-5-4-6-16(15)21-10-9-13(11-21)23-3/h7-8,13,15-16H,4-6,9-11H2,1-3H3/t13?,15-,16+/m1/s1. The quantitative estimate of drug-likeness (QED) is 0.842. The number of carbonyl (C=O) groups is 1. The Morgan fingerprint density at radius 1 is 1.30 bits per heavy atom. The molecule has 1 aromatic rings. The maximum absolute atomic E-state index is 12.7. The molecule has 2 heterocycles. The minimum Gasteiger partial charge on any atom is -0.380 e. The Hall–Kier alpha value is -1.53. The molecule has 0 spiro atoms. The van der Waals surface area contributed by atoms with Gasteiger partial charge in [0.05, 0.1) is 11.8 Å². The molecule has 23 heavy (non-hydrogen) atoms. The summed E-state index contributed by atoms with van der Waals surface area (Å²) in [4.78, 5) is 17.1. The highest BCUT2D eigenvalue weighted by molar-refractivity contribution is 5.92. The van der Waals surface area contributed by atoms with Gasteiger partial charge in [0.25, 0.3) is 5.91 Å². The molecule has 0 N–H and O–H groups in total. The van der Waals surface area contributed by atoms with E-state index in [1.807, 2.05) is 24.9 Å². The van der Waals surface area contributed by atoms with Gasteiger partial charge in [-0.3, -0.25) is 9.69 Å². The minimum absolute atomic E-state index is 0.0307. The van der Waals surface area contributed by atoms with Gasteiger partial charge in [-0.2, -0.15) is 5.10 Å². The average molecular weight is 318 g/mol. The van der Waals surface area contributed by atoms with Crippen LogP contribution in [0.3, 0.4) is 0 Å². The van der Waals surface area contributed by atoms with E-state index in [1.54, 1.807) is 13.2 Å². The largest absolute Gasteiger partial charge is 0.380 e. The Morgan fingerprint density at radius 3 is 2.78 bits per heavy atom. The van der Waals surface area contributed by atoms with Gasteiger partial charge in [-0.15, -0.1) is 5.10 Å². The van der Waals surface area contributed by atoms with Crippen LogP contribution >= 0.6 is 0 Å². The maximum atomic E-state index is 12.7. The third-order valence-electron chi connectivity index (χ3n) is 5.26. The summed E-state index contributed by atoms with van der Waals surface area (Å²) >= 11 is 0. The molecular formula is C17H26N4O2. The van der Waals surface area contributed by atoms with E-state index in [0.29, 0.717) is 17.8 Å². The zero-order valence-corrected chi connectivity index (χ0v) is 14.2. The predicted octanol–water partition coefficient (Wildman–Crippen LogP) is 1.50. The van der Waals surface area contributed by atoms with Crippen LogP contribution in [-0.4, -0.2) is 71.3 Å². The topological polar surface area (TPSA) is 58.6 Å². The Labute approximate surface area is 137 Å². The molecule has 2 fully saturated rings. The lowest BCUT2D eigenvalue weighted by molar-refractivity contribution is 0.0599. The van der Waals surface area contributed by atoms with E-state index in [2.05, 4.69) is 15.1 Å². The number of aromatic nitrogens is 2. The molecule has 0 bridgehead atoms. The first-order chi connectivity index (χ1) is 11.1. The molecule has 6 nitrogen and oxygen atoms in total. The van der Waals surface area contributed by atoms with E-state index < -0.39 is 0 Å². The zero-order valence-electron chi connectivity index (χ0n) is 14.2. The van der Waals surface area contributed by atoms with Crippen LogP contribution in [0.2, 0.25) is 0 Å². The molecule has 1 unspecified atom stereocenters. The summed E-state index contributed by atoms with van der Waals surface area (Å²) in [6, 6.07) is 4.29. The lowest BCUT2D eigenvalue weighted by atomic mass is 10.1. The molecule has 3 rings (SSSR count). The van der Waals surface area contributed by atoms with Crippen molar-refractivity contribution in [2.45, 2.75) is 50.8 Å². The molecule has 1 aliphatic heterocycles. The van der Waals surface area contributed by atoms with Crippen molar-refractivity contribution >= 4 is 5.91 Å². The third-order valence-corrected chi connectivity index (χ3v) is 5.26. The van der Waals surface area contributed by atoms with Crippen molar-refractivity contribution in [3.8, 4) is 0 Å². The molecule has 0 radical (unpaired) electrons. The van der Waals surface area contributed by atoms with E-state index in [1.165, 1.54) is 6.42 Å². The van der Waals surface area contributed by atoms with Crippen LogP contribution in [0.25, 0.3) is 0 Å². The molecule has 6 heteroatoms. The fourth-order valence-electron chi connectivity index (χ4n) is 3.89. The molecule has 1 saturated heterocycles. The highest BCUT2D eigenvalue weighted by Crippen LogP contribution is 2.31. The van der Waals surface area contributed by atoms with Crippen LogP contribution in [0.15, 0.2) is 12.1 Å². The zero-order chi connectivity index (χ0) is 16.4. The molecule has 126 valence electrons. The van der Waals surface area contributed by atoms with E-state index in [0.717, 1.165) is 38.0 Å². The minimum atomic E-state index is -0.0307. The lowest BCUT2D eigenvalue weighted by Gasteiger charge is -2.35. The molecule has 3 atom stereocenters. The van der Waals surface area contributed by atoms with Crippen LogP contribution in [0.1, 0.15) is 41.9 Å². The van der Waals surface area contributed by atoms with Crippen LogP contribution in [0.4, 0.5) is 0 Å². The van der Waals surface area contributed by atoms with E-state index >= 15 is 0 Å². The van der Waals surface area contributed by atoms with Crippen molar-refractivity contribution in [1.29, 1.82) is 0 Å². The smallest absolute Gasteiger partial charge is 0.274 e. The van der Waals surface area contributed by atoms with Gasteiger partial charge in [0.15, 0.2) is 5.69 Å². The van der Waals surface area contributed by atoms with E-state index in [4.69, 9.17) is 4.74 Å². The Morgan fingerprint density at radius 2 is 2.13 bits per heavy atom. The summed E-state index contributed by atoms with van der Waals surface area (Å²) in [5, 5.41) is 8.05. The number of methoxy groups -OCH3 is 1. The van der Waals surface area contributed by atoms with Crippen LogP contribution < -0.4 is 0 Å². The van der Waals surface area contributed by atoms with Crippen molar-refractivity contribution in [3.05, 3.63) is 23.5 Å². The summed E-state index contributed by atoms with van der Waals surface area (Å²) in [6.45, 7) is 3.91. The average Bonchev–Trinajstić information content (AvgIpc) is 3.22. The van der Waals surface area contributed by atoms with Gasteiger partial charge in [0, 0.05) is 39.3 Å². The summed E-state index contributed by atoms with van der Waals surface area (Å²) in [6.07, 6.45) is 4.79.